The fourth-order valence-corrected chi connectivity index (χ4v) is 1.01. The molecule has 0 unspecified atom stereocenters. The molecule has 0 bridgehead atoms. The molecule has 0 atom stereocenters. The third-order valence-electron chi connectivity index (χ3n) is 1.79. The van der Waals surface area contributed by atoms with Crippen LogP contribution in [0.2, 0.25) is 0 Å². The second-order valence-corrected chi connectivity index (χ2v) is 3.23. The molecule has 0 spiro atoms. The lowest BCUT2D eigenvalue weighted by atomic mass is 10.3. The quantitative estimate of drug-likeness (QED) is 0.615. The van der Waals surface area contributed by atoms with Crippen molar-refractivity contribution in [2.24, 2.45) is 0 Å². The molecule has 20 heavy (non-hydrogen) atoms. The van der Waals surface area contributed by atoms with Gasteiger partial charge in [-0.05, 0) is 0 Å². The van der Waals surface area contributed by atoms with Gasteiger partial charge >= 0.3 is 12.4 Å². The van der Waals surface area contributed by atoms with Gasteiger partial charge in [-0.25, -0.2) is 0 Å². The number of pyridine rings is 1. The molecule has 0 saturated heterocycles. The second-order valence-electron chi connectivity index (χ2n) is 3.23. The average molecular weight is 317 g/mol. The van der Waals surface area contributed by atoms with Crippen molar-refractivity contribution in [2.45, 2.75) is 18.5 Å². The van der Waals surface area contributed by atoms with Crippen molar-refractivity contribution in [1.82, 2.24) is 4.98 Å². The first kappa shape index (κ1) is 16.3. The predicted octanol–water partition coefficient (Wildman–Crippen LogP) is 3.51. The van der Waals surface area contributed by atoms with E-state index in [0.29, 0.717) is 0 Å². The van der Waals surface area contributed by atoms with Gasteiger partial charge < -0.3 is 4.74 Å². The summed E-state index contributed by atoms with van der Waals surface area (Å²) in [7, 11) is 0. The maximum atomic E-state index is 12.9. The number of alkyl halides is 6. The van der Waals surface area contributed by atoms with Crippen LogP contribution >= 0.6 is 0 Å². The van der Waals surface area contributed by atoms with Crippen molar-refractivity contribution < 1.29 is 48.6 Å². The number of nitrogens with zero attached hydrogens (tertiary/aromatic N) is 1. The molecule has 1 heterocycles. The van der Waals surface area contributed by atoms with Crippen LogP contribution in [0.5, 0.6) is 5.75 Å². The molecule has 0 aromatic carbocycles. The summed E-state index contributed by atoms with van der Waals surface area (Å²) in [6, 6.07) is 0. The molecule has 0 aliphatic carbocycles. The molecular weight excluding hydrogens is 316 g/mol. The third-order valence-corrected chi connectivity index (χ3v) is 1.79. The highest BCUT2D eigenvalue weighted by atomic mass is 19.4. The van der Waals surface area contributed by atoms with Crippen LogP contribution in [0.25, 0.3) is 0 Å². The molecule has 0 aliphatic rings. The molecule has 0 fully saturated rings. The van der Waals surface area contributed by atoms with Gasteiger partial charge in [-0.15, -0.1) is 0 Å². The SMILES string of the molecule is Fc1nc(F)c(F)c(OC(C(F)(F)F)C(F)(F)F)c1F. The monoisotopic (exact) mass is 317 g/mol. The summed E-state index contributed by atoms with van der Waals surface area (Å²) >= 11 is 0. The van der Waals surface area contributed by atoms with Gasteiger partial charge in [0.05, 0.1) is 0 Å². The Morgan fingerprint density at radius 3 is 1.40 bits per heavy atom. The van der Waals surface area contributed by atoms with Gasteiger partial charge in [0, 0.05) is 0 Å². The Balaban J connectivity index is 3.33. The van der Waals surface area contributed by atoms with E-state index in [1.807, 2.05) is 4.98 Å². The van der Waals surface area contributed by atoms with Crippen molar-refractivity contribution in [2.75, 3.05) is 0 Å². The summed E-state index contributed by atoms with van der Waals surface area (Å²) in [6.07, 6.45) is -16.9. The van der Waals surface area contributed by atoms with Gasteiger partial charge in [0.1, 0.15) is 0 Å². The van der Waals surface area contributed by atoms with E-state index in [-0.39, 0.29) is 0 Å². The molecule has 1 rings (SSSR count). The molecule has 0 radical (unpaired) electrons. The van der Waals surface area contributed by atoms with Gasteiger partial charge in [0.2, 0.25) is 17.4 Å². The zero-order valence-electron chi connectivity index (χ0n) is 8.71. The van der Waals surface area contributed by atoms with Crippen LogP contribution in [0.1, 0.15) is 0 Å². The Labute approximate surface area is 103 Å². The van der Waals surface area contributed by atoms with Crippen LogP contribution < -0.4 is 4.74 Å². The number of aromatic nitrogens is 1. The van der Waals surface area contributed by atoms with Gasteiger partial charge in [0.25, 0.3) is 18.0 Å². The molecule has 0 amide bonds. The first-order valence-electron chi connectivity index (χ1n) is 4.35. The van der Waals surface area contributed by atoms with Crippen molar-refractivity contribution in [3.63, 3.8) is 0 Å². The molecule has 114 valence electrons. The van der Waals surface area contributed by atoms with Gasteiger partial charge in [-0.2, -0.15) is 48.9 Å². The highest BCUT2D eigenvalue weighted by molar-refractivity contribution is 5.25. The molecular formula is C8HF10NO. The number of hydrogen-bond acceptors (Lipinski definition) is 2. The molecule has 2 nitrogen and oxygen atoms in total. The number of ether oxygens (including phenoxy) is 1. The van der Waals surface area contributed by atoms with Crippen molar-refractivity contribution in [3.8, 4) is 5.75 Å². The zero-order valence-corrected chi connectivity index (χ0v) is 8.71. The minimum atomic E-state index is -6.12. The van der Waals surface area contributed by atoms with E-state index in [4.69, 9.17) is 0 Å². The second kappa shape index (κ2) is 4.98. The van der Waals surface area contributed by atoms with E-state index in [1.54, 1.807) is 0 Å². The largest absolute Gasteiger partial charge is 0.465 e. The number of hydrogen-bond donors (Lipinski definition) is 0. The fraction of sp³-hybridized carbons (Fsp3) is 0.375. The summed E-state index contributed by atoms with van der Waals surface area (Å²) in [4.78, 5) is 1.94. The third kappa shape index (κ3) is 3.22. The first-order chi connectivity index (χ1) is 8.85. The predicted molar refractivity (Wildman–Crippen MR) is 40.6 cm³/mol. The Bertz CT molecular complexity index is 467. The van der Waals surface area contributed by atoms with Crippen molar-refractivity contribution in [3.05, 3.63) is 23.5 Å². The summed E-state index contributed by atoms with van der Waals surface area (Å²) in [5.74, 6) is -12.7. The number of halogens is 10. The summed E-state index contributed by atoms with van der Waals surface area (Å²) in [5, 5.41) is 0. The van der Waals surface area contributed by atoms with Gasteiger partial charge in [-0.3, -0.25) is 0 Å². The van der Waals surface area contributed by atoms with E-state index in [0.717, 1.165) is 0 Å². The van der Waals surface area contributed by atoms with E-state index in [9.17, 15) is 43.9 Å². The molecule has 1 aromatic heterocycles. The average Bonchev–Trinajstić information content (AvgIpc) is 2.23. The lowest BCUT2D eigenvalue weighted by Crippen LogP contribution is -2.47. The molecule has 1 aromatic rings. The Hall–Kier alpha value is -1.75. The number of rotatable bonds is 2. The topological polar surface area (TPSA) is 22.1 Å². The van der Waals surface area contributed by atoms with E-state index in [2.05, 4.69) is 4.74 Å². The van der Waals surface area contributed by atoms with Gasteiger partial charge in [0.15, 0.2) is 0 Å². The molecule has 0 N–H and O–H groups in total. The Morgan fingerprint density at radius 1 is 0.750 bits per heavy atom. The Kier molecular flexibility index (Phi) is 4.06. The maximum absolute atomic E-state index is 12.9. The highest BCUT2D eigenvalue weighted by Crippen LogP contribution is 2.38. The van der Waals surface area contributed by atoms with Crippen LogP contribution in [0.4, 0.5) is 43.9 Å². The van der Waals surface area contributed by atoms with Crippen LogP contribution in [0.15, 0.2) is 0 Å². The van der Waals surface area contributed by atoms with Crippen LogP contribution in [0, 0.1) is 23.5 Å². The van der Waals surface area contributed by atoms with Gasteiger partial charge in [-0.1, -0.05) is 0 Å². The molecule has 0 saturated carbocycles. The van der Waals surface area contributed by atoms with Crippen molar-refractivity contribution in [1.29, 1.82) is 0 Å². The van der Waals surface area contributed by atoms with Crippen LogP contribution in [-0.4, -0.2) is 23.4 Å². The van der Waals surface area contributed by atoms with Crippen LogP contribution in [0.3, 0.4) is 0 Å². The lowest BCUT2D eigenvalue weighted by molar-refractivity contribution is -0.300. The van der Waals surface area contributed by atoms with E-state index < -0.39 is 47.7 Å². The van der Waals surface area contributed by atoms with E-state index >= 15 is 0 Å². The van der Waals surface area contributed by atoms with Crippen molar-refractivity contribution >= 4 is 0 Å². The lowest BCUT2D eigenvalue weighted by Gasteiger charge is -2.24. The molecule has 12 heteroatoms. The summed E-state index contributed by atoms with van der Waals surface area (Å²) < 4.78 is 126. The smallest absolute Gasteiger partial charge is 0.434 e. The standard InChI is InChI=1S/C8HF10NO/c9-1-3(2(10)5(12)19-4(1)11)20-6(7(13,14)15)8(16,17)18/h6H. The van der Waals surface area contributed by atoms with Crippen LogP contribution in [-0.2, 0) is 0 Å². The summed E-state index contributed by atoms with van der Waals surface area (Å²) in [6.45, 7) is 0. The maximum Gasteiger partial charge on any atom is 0.434 e. The highest BCUT2D eigenvalue weighted by Gasteiger charge is 2.59. The minimum Gasteiger partial charge on any atom is -0.465 e. The fourth-order valence-electron chi connectivity index (χ4n) is 1.01. The Morgan fingerprint density at radius 2 is 1.10 bits per heavy atom. The zero-order chi connectivity index (χ0) is 15.9. The normalized spacial score (nSPS) is 12.9. The first-order valence-corrected chi connectivity index (χ1v) is 4.35. The minimum absolute atomic E-state index is 1.94. The molecule has 0 aliphatic heterocycles. The summed E-state index contributed by atoms with van der Waals surface area (Å²) in [5.41, 5.74) is 0. The van der Waals surface area contributed by atoms with E-state index in [1.165, 1.54) is 0 Å².